The van der Waals surface area contributed by atoms with E-state index in [0.29, 0.717) is 12.8 Å². The average Bonchev–Trinajstić information content (AvgIpc) is 2.81. The Balaban J connectivity index is 3.32. The summed E-state index contributed by atoms with van der Waals surface area (Å²) in [5, 5.41) is 8.77. The number of halogens is 3. The van der Waals surface area contributed by atoms with Crippen LogP contribution in [0, 0.1) is 5.92 Å². The summed E-state index contributed by atoms with van der Waals surface area (Å²) in [6.45, 7) is 5.59. The lowest BCUT2D eigenvalue weighted by molar-refractivity contribution is -0.274. The number of carbonyl (C=O) groups is 2. The minimum absolute atomic E-state index is 0.0196. The van der Waals surface area contributed by atoms with Crippen molar-refractivity contribution in [3.05, 3.63) is 35.7 Å². The number of amides is 2. The smallest absolute Gasteiger partial charge is 0.442 e. The van der Waals surface area contributed by atoms with E-state index in [4.69, 9.17) is 14.6 Å². The van der Waals surface area contributed by atoms with Crippen LogP contribution in [0.25, 0.3) is 0 Å². The number of ether oxygens (including phenoxy) is 3. The minimum Gasteiger partial charge on any atom is -0.442 e. The van der Waals surface area contributed by atoms with Crippen LogP contribution in [0.4, 0.5) is 13.2 Å². The lowest BCUT2D eigenvalue weighted by Crippen LogP contribution is -2.33. The van der Waals surface area contributed by atoms with Crippen molar-refractivity contribution in [3.8, 4) is 11.5 Å². The number of benzene rings is 1. The first-order valence-electron chi connectivity index (χ1n) is 10.9. The van der Waals surface area contributed by atoms with Gasteiger partial charge in [-0.25, -0.2) is 0 Å². The molecule has 12 heteroatoms. The summed E-state index contributed by atoms with van der Waals surface area (Å²) in [7, 11) is 2.97. The van der Waals surface area contributed by atoms with E-state index in [1.807, 2.05) is 6.92 Å². The molecule has 0 aliphatic heterocycles. The van der Waals surface area contributed by atoms with Crippen molar-refractivity contribution in [1.29, 1.82) is 0 Å². The third-order valence-corrected chi connectivity index (χ3v) is 4.81. The summed E-state index contributed by atoms with van der Waals surface area (Å²) in [5.74, 6) is -1.02. The van der Waals surface area contributed by atoms with Crippen molar-refractivity contribution in [1.82, 2.24) is 9.80 Å². The largest absolute Gasteiger partial charge is 0.573 e. The van der Waals surface area contributed by atoms with E-state index in [1.165, 1.54) is 31.0 Å². The van der Waals surface area contributed by atoms with Gasteiger partial charge in [-0.3, -0.25) is 9.59 Å². The first kappa shape index (κ1) is 29.9. The lowest BCUT2D eigenvalue weighted by Gasteiger charge is -2.22. The molecule has 0 aliphatic carbocycles. The van der Waals surface area contributed by atoms with Crippen LogP contribution in [0.15, 0.2) is 40.7 Å². The average molecular weight is 504 g/mol. The van der Waals surface area contributed by atoms with E-state index in [2.05, 4.69) is 9.73 Å². The molecule has 0 radical (unpaired) electrons. The number of hydrogen-bond donors (Lipinski definition) is 1. The van der Waals surface area contributed by atoms with Crippen molar-refractivity contribution >= 4 is 18.2 Å². The van der Waals surface area contributed by atoms with Crippen LogP contribution in [-0.2, 0) is 14.3 Å². The maximum Gasteiger partial charge on any atom is 0.573 e. The number of likely N-dealkylation sites (N-methyl/N-ethyl adjacent to an activating group) is 1. The molecule has 1 N–H and O–H groups in total. The zero-order chi connectivity index (χ0) is 26.6. The fourth-order valence-corrected chi connectivity index (χ4v) is 2.70. The standard InChI is InChI=1S/C23H32F3N3O6/c1-6-16(2)21(34-18-8-7-9-19(14-18)35-23(24,25)26)27-20(29(5)15-31)17(3)22(32)28(4)10-12-33-13-11-30/h7-9,14-16,30H,6,10-13H2,1-5H3/b20-17-,27-21+. The van der Waals surface area contributed by atoms with Crippen molar-refractivity contribution < 1.29 is 42.1 Å². The van der Waals surface area contributed by atoms with E-state index >= 15 is 0 Å². The van der Waals surface area contributed by atoms with Crippen molar-refractivity contribution in [2.24, 2.45) is 10.9 Å². The van der Waals surface area contributed by atoms with E-state index in [0.717, 1.165) is 17.0 Å². The summed E-state index contributed by atoms with van der Waals surface area (Å²) in [5.41, 5.74) is 0.141. The first-order valence-corrected chi connectivity index (χ1v) is 10.9. The van der Waals surface area contributed by atoms with E-state index < -0.39 is 18.0 Å². The van der Waals surface area contributed by atoms with Gasteiger partial charge in [0, 0.05) is 32.6 Å². The molecule has 196 valence electrons. The van der Waals surface area contributed by atoms with Crippen molar-refractivity contribution in [2.45, 2.75) is 33.6 Å². The van der Waals surface area contributed by atoms with Crippen molar-refractivity contribution in [2.75, 3.05) is 40.5 Å². The molecule has 0 spiro atoms. The molecular formula is C23H32F3N3O6. The van der Waals surface area contributed by atoms with Gasteiger partial charge in [-0.05, 0) is 25.5 Å². The number of aliphatic hydroxyl groups is 1. The van der Waals surface area contributed by atoms with Crippen LogP contribution < -0.4 is 9.47 Å². The van der Waals surface area contributed by atoms with Gasteiger partial charge in [-0.1, -0.05) is 19.9 Å². The molecule has 0 saturated carbocycles. The number of nitrogens with zero attached hydrogens (tertiary/aromatic N) is 3. The Bertz CT molecular complexity index is 905. The maximum absolute atomic E-state index is 12.9. The molecule has 35 heavy (non-hydrogen) atoms. The maximum atomic E-state index is 12.9. The predicted octanol–water partition coefficient (Wildman–Crippen LogP) is 3.20. The Morgan fingerprint density at radius 2 is 1.89 bits per heavy atom. The molecule has 0 bridgehead atoms. The highest BCUT2D eigenvalue weighted by atomic mass is 19.4. The summed E-state index contributed by atoms with van der Waals surface area (Å²) in [6.07, 6.45) is -3.82. The SMILES string of the molecule is CCC(C)/C(=N\C(=C(/C)C(=O)N(C)CCOCCO)N(C)C=O)Oc1cccc(OC(F)(F)F)c1. The lowest BCUT2D eigenvalue weighted by atomic mass is 10.1. The van der Waals surface area contributed by atoms with Gasteiger partial charge in [0.05, 0.1) is 25.4 Å². The Labute approximate surface area is 202 Å². The molecule has 1 aromatic rings. The zero-order valence-corrected chi connectivity index (χ0v) is 20.5. The summed E-state index contributed by atoms with van der Waals surface area (Å²) in [6, 6.07) is 4.97. The fourth-order valence-electron chi connectivity index (χ4n) is 2.70. The van der Waals surface area contributed by atoms with Crippen molar-refractivity contribution in [3.63, 3.8) is 0 Å². The Kier molecular flexibility index (Phi) is 12.2. The van der Waals surface area contributed by atoms with Crippen LogP contribution in [0.2, 0.25) is 0 Å². The number of alkyl halides is 3. The first-order chi connectivity index (χ1) is 16.4. The van der Waals surface area contributed by atoms with Gasteiger partial charge >= 0.3 is 6.36 Å². The molecule has 1 rings (SSSR count). The van der Waals surface area contributed by atoms with Gasteiger partial charge < -0.3 is 29.1 Å². The molecule has 1 aromatic carbocycles. The van der Waals surface area contributed by atoms with Gasteiger partial charge in [-0.15, -0.1) is 13.2 Å². The third-order valence-electron chi connectivity index (χ3n) is 4.81. The predicted molar refractivity (Wildman–Crippen MR) is 123 cm³/mol. The monoisotopic (exact) mass is 503 g/mol. The Morgan fingerprint density at radius 3 is 2.46 bits per heavy atom. The van der Waals surface area contributed by atoms with Gasteiger partial charge in [-0.2, -0.15) is 4.99 Å². The van der Waals surface area contributed by atoms with Gasteiger partial charge in [0.25, 0.3) is 5.91 Å². The van der Waals surface area contributed by atoms with Crippen LogP contribution in [-0.4, -0.2) is 79.9 Å². The quantitative estimate of drug-likeness (QED) is 0.146. The minimum atomic E-state index is -4.86. The molecule has 2 amide bonds. The van der Waals surface area contributed by atoms with E-state index in [-0.39, 0.29) is 55.3 Å². The molecule has 0 saturated heterocycles. The normalized spacial score (nSPS) is 13.6. The second kappa shape index (κ2) is 14.3. The van der Waals surface area contributed by atoms with Crippen LogP contribution in [0.1, 0.15) is 27.2 Å². The molecular weight excluding hydrogens is 471 g/mol. The fraction of sp³-hybridized carbons (Fsp3) is 0.522. The molecule has 0 heterocycles. The van der Waals surface area contributed by atoms with Gasteiger partial charge in [0.15, 0.2) is 5.90 Å². The second-order valence-electron chi connectivity index (χ2n) is 7.61. The highest BCUT2D eigenvalue weighted by Gasteiger charge is 2.31. The molecule has 0 aromatic heterocycles. The highest BCUT2D eigenvalue weighted by molar-refractivity contribution is 5.94. The molecule has 1 unspecified atom stereocenters. The zero-order valence-electron chi connectivity index (χ0n) is 20.5. The molecule has 0 aliphatic rings. The molecule has 1 atom stereocenters. The summed E-state index contributed by atoms with van der Waals surface area (Å²) < 4.78 is 52.6. The Morgan fingerprint density at radius 1 is 1.23 bits per heavy atom. The number of hydrogen-bond acceptors (Lipinski definition) is 7. The summed E-state index contributed by atoms with van der Waals surface area (Å²) in [4.78, 5) is 31.4. The number of aliphatic hydroxyl groups excluding tert-OH is 1. The van der Waals surface area contributed by atoms with Gasteiger partial charge in [0.1, 0.15) is 17.3 Å². The topological polar surface area (TPSA) is 101 Å². The molecule has 9 nitrogen and oxygen atoms in total. The number of carbonyl (C=O) groups excluding carboxylic acids is 2. The van der Waals surface area contributed by atoms with Crippen LogP contribution in [0.5, 0.6) is 11.5 Å². The molecule has 0 fully saturated rings. The highest BCUT2D eigenvalue weighted by Crippen LogP contribution is 2.27. The Hall–Kier alpha value is -3.12. The second-order valence-corrected chi connectivity index (χ2v) is 7.61. The third kappa shape index (κ3) is 10.4. The van der Waals surface area contributed by atoms with E-state index in [1.54, 1.807) is 14.0 Å². The van der Waals surface area contributed by atoms with Crippen LogP contribution in [0.3, 0.4) is 0 Å². The number of rotatable bonds is 13. The number of aliphatic imine (C=N–C) groups is 1. The van der Waals surface area contributed by atoms with Crippen LogP contribution >= 0.6 is 0 Å². The van der Waals surface area contributed by atoms with E-state index in [9.17, 15) is 22.8 Å². The summed E-state index contributed by atoms with van der Waals surface area (Å²) >= 11 is 0. The van der Waals surface area contributed by atoms with Gasteiger partial charge in [0.2, 0.25) is 6.41 Å².